The number of benzene rings is 10. The van der Waals surface area contributed by atoms with Crippen LogP contribution in [0.1, 0.15) is 35.6 Å². The van der Waals surface area contributed by atoms with Gasteiger partial charge in [0.05, 0.1) is 41.3 Å². The van der Waals surface area contributed by atoms with E-state index in [2.05, 4.69) is 0 Å². The third-order valence-electron chi connectivity index (χ3n) is 9.74. The minimum atomic E-state index is -1.01. The van der Waals surface area contributed by atoms with Gasteiger partial charge in [-0.3, -0.25) is 0 Å². The van der Waals surface area contributed by atoms with Gasteiger partial charge in [-0.1, -0.05) is 194 Å². The second-order valence-electron chi connectivity index (χ2n) is 13.2. The van der Waals surface area contributed by atoms with Gasteiger partial charge in [0.25, 0.3) is 0 Å². The summed E-state index contributed by atoms with van der Waals surface area (Å²) in [5.74, 6) is 0. The van der Waals surface area contributed by atoms with Gasteiger partial charge in [0.2, 0.25) is 0 Å². The highest BCUT2D eigenvalue weighted by Gasteiger charge is 2.21. The smallest absolute Gasteiger partial charge is 0.143 e. The molecule has 0 saturated heterocycles. The van der Waals surface area contributed by atoms with Crippen LogP contribution in [-0.2, 0) is 0 Å². The Kier molecular flexibility index (Phi) is 4.40. The van der Waals surface area contributed by atoms with Crippen LogP contribution in [0.2, 0.25) is 0 Å². The van der Waals surface area contributed by atoms with Crippen molar-refractivity contribution < 1.29 is 40.1 Å². The van der Waals surface area contributed by atoms with Gasteiger partial charge >= 0.3 is 0 Å². The second kappa shape index (κ2) is 15.1. The number of nitrogens with zero attached hydrogens (tertiary/aromatic N) is 1. The maximum absolute atomic E-state index is 9.81. The number of rotatable bonds is 8. The van der Waals surface area contributed by atoms with Crippen molar-refractivity contribution in [1.82, 2.24) is 0 Å². The first-order chi connectivity index (χ1) is 40.6. The zero-order chi connectivity index (χ0) is 62.5. The molecule has 0 radical (unpaired) electrons. The number of para-hydroxylation sites is 1. The van der Waals surface area contributed by atoms with Gasteiger partial charge in [-0.2, -0.15) is 0 Å². The van der Waals surface area contributed by atoms with E-state index in [0.717, 1.165) is 15.7 Å². The first-order valence-corrected chi connectivity index (χ1v) is 18.4. The molecule has 2 heteroatoms. The fraction of sp³-hybridized carbons (Fsp3) is 0. The standard InChI is InChI=1S/C58H39NO/c1-3-12-40(13-4-1)42-22-26-44(27-23-42)46-30-35-49(36-31-46)59(50-37-32-47(33-38-50)45-28-24-43(25-29-45)41-14-5-2-6-15-41)55-20-10-9-18-52(55)53-19-11-21-56-57(53)54-39-34-48-16-7-8-17-51(48)58(54)60-56/h1-39H/i1D,2D,3D,4D,5D,6D,12D,13D,14D,15D,22D,23D,24D,25D,26D,27D,28D,29D,30D,31D,32D,33D,35D,36D,37D,38D. The molecular weight excluding hydrogens is 727 g/mol. The molecule has 1 heterocycles. The van der Waals surface area contributed by atoms with E-state index < -0.39 is 213 Å². The molecule has 0 fully saturated rings. The average Bonchev–Trinajstić information content (AvgIpc) is 0.865. The Morgan fingerprint density at radius 1 is 0.350 bits per heavy atom. The second-order valence-corrected chi connectivity index (χ2v) is 13.2. The molecule has 0 aliphatic rings. The number of anilines is 3. The molecular formula is C58H39NO. The molecule has 0 atom stereocenters. The molecule has 0 bridgehead atoms. The lowest BCUT2D eigenvalue weighted by atomic mass is 9.95. The molecule has 1 aromatic heterocycles. The van der Waals surface area contributed by atoms with Crippen molar-refractivity contribution in [3.63, 3.8) is 0 Å². The van der Waals surface area contributed by atoms with Crippen molar-refractivity contribution in [2.24, 2.45) is 0 Å². The van der Waals surface area contributed by atoms with Crippen LogP contribution in [0.15, 0.2) is 240 Å². The molecule has 2 nitrogen and oxygen atoms in total. The number of hydrogen-bond acceptors (Lipinski definition) is 2. The van der Waals surface area contributed by atoms with Crippen LogP contribution >= 0.6 is 0 Å². The van der Waals surface area contributed by atoms with Crippen molar-refractivity contribution in [1.29, 1.82) is 0 Å². The van der Waals surface area contributed by atoms with E-state index in [-0.39, 0.29) is 11.3 Å². The fourth-order valence-corrected chi connectivity index (χ4v) is 6.99. The molecule has 0 amide bonds. The molecule has 0 aliphatic carbocycles. The van der Waals surface area contributed by atoms with Gasteiger partial charge in [-0.15, -0.1) is 0 Å². The van der Waals surface area contributed by atoms with Gasteiger partial charge in [0, 0.05) is 33.1 Å². The van der Waals surface area contributed by atoms with Gasteiger partial charge in [0.1, 0.15) is 11.2 Å². The molecule has 0 saturated carbocycles. The van der Waals surface area contributed by atoms with Crippen LogP contribution in [0, 0.1) is 0 Å². The van der Waals surface area contributed by atoms with Crippen LogP contribution in [0.5, 0.6) is 0 Å². The molecule has 0 aliphatic heterocycles. The number of furan rings is 1. The van der Waals surface area contributed by atoms with Gasteiger partial charge in [0.15, 0.2) is 0 Å². The Bertz CT molecular complexity index is 4480. The van der Waals surface area contributed by atoms with E-state index in [1.54, 1.807) is 30.3 Å². The zero-order valence-corrected chi connectivity index (χ0v) is 30.9. The normalized spacial score (nSPS) is 17.4. The van der Waals surface area contributed by atoms with Crippen molar-refractivity contribution in [2.45, 2.75) is 0 Å². The van der Waals surface area contributed by atoms with E-state index in [1.807, 2.05) is 36.4 Å². The Balaban J connectivity index is 1.21. The first-order valence-electron chi connectivity index (χ1n) is 31.4. The van der Waals surface area contributed by atoms with Gasteiger partial charge in [-0.05, 0) is 97.8 Å². The third-order valence-corrected chi connectivity index (χ3v) is 9.74. The molecule has 282 valence electrons. The predicted octanol–water partition coefficient (Wildman–Crippen LogP) is 16.5. The summed E-state index contributed by atoms with van der Waals surface area (Å²) in [5, 5.41) is 2.80. The summed E-state index contributed by atoms with van der Waals surface area (Å²) < 4.78 is 240. The third kappa shape index (κ3) is 6.41. The Morgan fingerprint density at radius 3 is 1.35 bits per heavy atom. The number of fused-ring (bicyclic) bond motifs is 5. The summed E-state index contributed by atoms with van der Waals surface area (Å²) in [6.07, 6.45) is 0. The maximum Gasteiger partial charge on any atom is 0.143 e. The van der Waals surface area contributed by atoms with Crippen molar-refractivity contribution >= 4 is 49.8 Å². The highest BCUT2D eigenvalue weighted by molar-refractivity contribution is 6.19. The minimum absolute atomic E-state index is 0.100. The molecule has 0 N–H and O–H groups in total. The van der Waals surface area contributed by atoms with E-state index in [0.29, 0.717) is 27.5 Å². The molecule has 0 spiro atoms. The van der Waals surface area contributed by atoms with Crippen molar-refractivity contribution in [2.75, 3.05) is 4.90 Å². The topological polar surface area (TPSA) is 16.4 Å². The summed E-state index contributed by atoms with van der Waals surface area (Å²) in [6, 6.07) is -1.59. The van der Waals surface area contributed by atoms with Gasteiger partial charge in [-0.25, -0.2) is 0 Å². The Hall–Kier alpha value is -7.94. The Morgan fingerprint density at radius 2 is 0.800 bits per heavy atom. The zero-order valence-electron chi connectivity index (χ0n) is 56.9. The fourth-order valence-electron chi connectivity index (χ4n) is 6.99. The summed E-state index contributed by atoms with van der Waals surface area (Å²) >= 11 is 0. The lowest BCUT2D eigenvalue weighted by molar-refractivity contribution is 0.673. The molecule has 0 unspecified atom stereocenters. The quantitative estimate of drug-likeness (QED) is 0.152. The van der Waals surface area contributed by atoms with E-state index >= 15 is 0 Å². The van der Waals surface area contributed by atoms with Crippen LogP contribution < -0.4 is 4.90 Å². The average molecular weight is 792 g/mol. The van der Waals surface area contributed by atoms with E-state index in [9.17, 15) is 16.4 Å². The SMILES string of the molecule is [2H]c1c([2H])c([2H])c(-c2c([2H])c([2H])c(-c3c([2H])c([2H])c(N(c4ccccc4-c4cccc5oc6c7ccccc7ccc6c45)c4c([2H])c([2H])c(-c5c([2H])c([2H])c(-c6c([2H])c([2H])c([2H])c([2H])c6[2H])c([2H])c5[2H])c([2H])c4[2H])c([2H])c3[2H])c([2H])c2[2H])c([2H])c1[2H]. The van der Waals surface area contributed by atoms with Crippen LogP contribution in [0.25, 0.3) is 88.3 Å². The number of hydrogen-bond donors (Lipinski definition) is 0. The molecule has 11 aromatic rings. The minimum Gasteiger partial charge on any atom is -0.455 e. The monoisotopic (exact) mass is 791 g/mol. The molecule has 60 heavy (non-hydrogen) atoms. The molecule has 10 aromatic carbocycles. The van der Waals surface area contributed by atoms with Crippen LogP contribution in [0.3, 0.4) is 0 Å². The summed E-state index contributed by atoms with van der Waals surface area (Å²) in [7, 11) is 0. The highest BCUT2D eigenvalue weighted by Crippen LogP contribution is 2.46. The highest BCUT2D eigenvalue weighted by atomic mass is 16.3. The molecule has 11 rings (SSSR count). The van der Waals surface area contributed by atoms with Crippen molar-refractivity contribution in [3.8, 4) is 55.6 Å². The van der Waals surface area contributed by atoms with Crippen LogP contribution in [-0.4, -0.2) is 0 Å². The predicted molar refractivity (Wildman–Crippen MR) is 253 cm³/mol. The summed E-state index contributed by atoms with van der Waals surface area (Å²) in [6.45, 7) is 0. The lowest BCUT2D eigenvalue weighted by Crippen LogP contribution is -2.11. The first kappa shape index (κ1) is 17.5. The van der Waals surface area contributed by atoms with Gasteiger partial charge < -0.3 is 9.32 Å². The summed E-state index contributed by atoms with van der Waals surface area (Å²) in [5.41, 5.74) is -6.01. The van der Waals surface area contributed by atoms with Crippen molar-refractivity contribution in [3.05, 3.63) is 236 Å². The van der Waals surface area contributed by atoms with E-state index in [1.165, 1.54) is 12.1 Å². The lowest BCUT2D eigenvalue weighted by Gasteiger charge is -2.28. The summed E-state index contributed by atoms with van der Waals surface area (Å²) in [4.78, 5) is 0.938. The Labute approximate surface area is 386 Å². The van der Waals surface area contributed by atoms with E-state index in [4.69, 9.17) is 23.6 Å². The van der Waals surface area contributed by atoms with Crippen LogP contribution in [0.4, 0.5) is 17.1 Å². The largest absolute Gasteiger partial charge is 0.455 e. The maximum atomic E-state index is 9.81.